The van der Waals surface area contributed by atoms with E-state index in [2.05, 4.69) is 27.3 Å². The Morgan fingerprint density at radius 3 is 2.48 bits per heavy atom. The predicted molar refractivity (Wildman–Crippen MR) is 128 cm³/mol. The second kappa shape index (κ2) is 8.91. The number of pyridine rings is 1. The molecule has 0 saturated carbocycles. The van der Waals surface area contributed by atoms with Crippen LogP contribution in [0, 0.1) is 0 Å². The molecule has 1 aliphatic rings. The average Bonchev–Trinajstić information content (AvgIpc) is 3.27. The lowest BCUT2D eigenvalue weighted by atomic mass is 10.1. The number of hydrogen-bond donors (Lipinski definition) is 1. The number of carbonyl (C=O) groups is 1. The smallest absolute Gasteiger partial charge is 0.254 e. The molecule has 0 bridgehead atoms. The molecule has 5 rings (SSSR count). The molecule has 1 aliphatic heterocycles. The Balaban J connectivity index is 1.38. The summed E-state index contributed by atoms with van der Waals surface area (Å²) in [5, 5.41) is 7.92. The second-order valence-corrected chi connectivity index (χ2v) is 8.15. The van der Waals surface area contributed by atoms with Crippen molar-refractivity contribution < 1.29 is 9.53 Å². The van der Waals surface area contributed by atoms with E-state index < -0.39 is 0 Å². The molecule has 2 aromatic heterocycles. The highest BCUT2D eigenvalue weighted by molar-refractivity contribution is 5.95. The predicted octanol–water partition coefficient (Wildman–Crippen LogP) is 3.54. The molecule has 1 fully saturated rings. The van der Waals surface area contributed by atoms with E-state index in [9.17, 15) is 4.79 Å². The van der Waals surface area contributed by atoms with Crippen molar-refractivity contribution >= 4 is 23.2 Å². The molecule has 8 nitrogen and oxygen atoms in total. The fourth-order valence-corrected chi connectivity index (χ4v) is 3.99. The second-order valence-electron chi connectivity index (χ2n) is 8.15. The van der Waals surface area contributed by atoms with Gasteiger partial charge in [-0.3, -0.25) is 4.79 Å². The van der Waals surface area contributed by atoms with Crippen molar-refractivity contribution in [2.75, 3.05) is 45.7 Å². The SMILES string of the molecule is COc1ccc(-c2cccc3nc(Nc4cccc(C(=O)N5CCN(C)CC5)c4)nn23)cc1. The lowest BCUT2D eigenvalue weighted by Crippen LogP contribution is -2.47. The molecular formula is C25H26N6O2. The standard InChI is InChI=1S/C25H26N6O2/c1-29-13-15-30(16-14-29)24(32)19-5-3-6-20(17-19)26-25-27-23-8-4-7-22(31(23)28-25)18-9-11-21(33-2)12-10-18/h3-12,17H,13-16H2,1-2H3,(H,26,28). The van der Waals surface area contributed by atoms with Crippen LogP contribution in [-0.2, 0) is 0 Å². The normalized spacial score (nSPS) is 14.4. The maximum absolute atomic E-state index is 12.9. The molecule has 0 unspecified atom stereocenters. The fourth-order valence-electron chi connectivity index (χ4n) is 3.99. The van der Waals surface area contributed by atoms with Gasteiger partial charge < -0.3 is 19.9 Å². The van der Waals surface area contributed by atoms with Crippen LogP contribution in [0.4, 0.5) is 11.6 Å². The van der Waals surface area contributed by atoms with Gasteiger partial charge in [-0.15, -0.1) is 5.10 Å². The lowest BCUT2D eigenvalue weighted by Gasteiger charge is -2.32. The van der Waals surface area contributed by atoms with Crippen molar-refractivity contribution in [3.05, 3.63) is 72.3 Å². The van der Waals surface area contributed by atoms with E-state index in [0.29, 0.717) is 11.5 Å². The number of methoxy groups -OCH3 is 1. The molecule has 2 aromatic carbocycles. The number of piperazine rings is 1. The number of ether oxygens (including phenoxy) is 1. The van der Waals surface area contributed by atoms with Crippen LogP contribution in [0.15, 0.2) is 66.7 Å². The van der Waals surface area contributed by atoms with Crippen LogP contribution in [0.5, 0.6) is 5.75 Å². The van der Waals surface area contributed by atoms with Crippen LogP contribution in [-0.4, -0.2) is 70.6 Å². The van der Waals surface area contributed by atoms with Gasteiger partial charge in [-0.05, 0) is 61.6 Å². The summed E-state index contributed by atoms with van der Waals surface area (Å²) < 4.78 is 7.07. The third kappa shape index (κ3) is 4.38. The van der Waals surface area contributed by atoms with Crippen molar-refractivity contribution in [2.45, 2.75) is 0 Å². The van der Waals surface area contributed by atoms with Gasteiger partial charge in [0.15, 0.2) is 5.65 Å². The van der Waals surface area contributed by atoms with E-state index in [1.807, 2.05) is 76.1 Å². The highest BCUT2D eigenvalue weighted by atomic mass is 16.5. The van der Waals surface area contributed by atoms with Gasteiger partial charge in [0.25, 0.3) is 5.91 Å². The molecule has 168 valence electrons. The zero-order valence-electron chi connectivity index (χ0n) is 18.7. The Labute approximate surface area is 192 Å². The summed E-state index contributed by atoms with van der Waals surface area (Å²) in [5.41, 5.74) is 4.10. The molecule has 0 spiro atoms. The fraction of sp³-hybridized carbons (Fsp3) is 0.240. The minimum atomic E-state index is 0.0523. The van der Waals surface area contributed by atoms with Gasteiger partial charge in [0.1, 0.15) is 5.75 Å². The van der Waals surface area contributed by atoms with E-state index in [1.54, 1.807) is 7.11 Å². The number of carbonyl (C=O) groups excluding carboxylic acids is 1. The Morgan fingerprint density at radius 1 is 0.970 bits per heavy atom. The van der Waals surface area contributed by atoms with E-state index in [4.69, 9.17) is 4.74 Å². The molecule has 1 N–H and O–H groups in total. The average molecular weight is 443 g/mol. The number of rotatable bonds is 5. The number of aromatic nitrogens is 3. The molecule has 33 heavy (non-hydrogen) atoms. The first-order valence-corrected chi connectivity index (χ1v) is 11.0. The highest BCUT2D eigenvalue weighted by Gasteiger charge is 2.20. The Kier molecular flexibility index (Phi) is 5.66. The van der Waals surface area contributed by atoms with Crippen molar-refractivity contribution in [1.29, 1.82) is 0 Å². The Hall–Kier alpha value is -3.91. The minimum absolute atomic E-state index is 0.0523. The van der Waals surface area contributed by atoms with E-state index in [0.717, 1.165) is 54.5 Å². The van der Waals surface area contributed by atoms with Crippen molar-refractivity contribution in [3.63, 3.8) is 0 Å². The third-order valence-corrected chi connectivity index (χ3v) is 5.90. The summed E-state index contributed by atoms with van der Waals surface area (Å²) in [6.07, 6.45) is 0. The molecule has 0 radical (unpaired) electrons. The van der Waals surface area contributed by atoms with Gasteiger partial charge in [0.2, 0.25) is 5.95 Å². The maximum atomic E-state index is 12.9. The van der Waals surface area contributed by atoms with Crippen LogP contribution < -0.4 is 10.1 Å². The number of likely N-dealkylation sites (N-methyl/N-ethyl adjacent to an activating group) is 1. The molecule has 0 atom stereocenters. The van der Waals surface area contributed by atoms with Crippen LogP contribution in [0.3, 0.4) is 0 Å². The van der Waals surface area contributed by atoms with E-state index >= 15 is 0 Å². The first kappa shape index (κ1) is 21.0. The maximum Gasteiger partial charge on any atom is 0.254 e. The van der Waals surface area contributed by atoms with Crippen molar-refractivity contribution in [2.24, 2.45) is 0 Å². The van der Waals surface area contributed by atoms with Crippen LogP contribution in [0.2, 0.25) is 0 Å². The van der Waals surface area contributed by atoms with E-state index in [1.165, 1.54) is 0 Å². The Bertz CT molecular complexity index is 1280. The molecule has 4 aromatic rings. The third-order valence-electron chi connectivity index (χ3n) is 5.90. The summed E-state index contributed by atoms with van der Waals surface area (Å²) in [5.74, 6) is 1.33. The number of hydrogen-bond acceptors (Lipinski definition) is 6. The molecule has 0 aliphatic carbocycles. The van der Waals surface area contributed by atoms with Gasteiger partial charge >= 0.3 is 0 Å². The number of fused-ring (bicyclic) bond motifs is 1. The van der Waals surface area contributed by atoms with Gasteiger partial charge in [0.05, 0.1) is 12.8 Å². The topological polar surface area (TPSA) is 75.0 Å². The summed E-state index contributed by atoms with van der Waals surface area (Å²) in [6, 6.07) is 21.2. The number of benzene rings is 2. The molecule has 8 heteroatoms. The van der Waals surface area contributed by atoms with Gasteiger partial charge in [-0.1, -0.05) is 12.1 Å². The number of anilines is 2. The van der Waals surface area contributed by atoms with E-state index in [-0.39, 0.29) is 5.91 Å². The molecule has 1 amide bonds. The summed E-state index contributed by atoms with van der Waals surface area (Å²) >= 11 is 0. The number of nitrogens with one attached hydrogen (secondary N) is 1. The zero-order chi connectivity index (χ0) is 22.8. The number of amides is 1. The summed E-state index contributed by atoms with van der Waals surface area (Å²) in [6.45, 7) is 3.28. The molecular weight excluding hydrogens is 416 g/mol. The molecule has 3 heterocycles. The lowest BCUT2D eigenvalue weighted by molar-refractivity contribution is 0.0664. The van der Waals surface area contributed by atoms with Gasteiger partial charge in [-0.25, -0.2) is 4.52 Å². The minimum Gasteiger partial charge on any atom is -0.497 e. The van der Waals surface area contributed by atoms with Crippen molar-refractivity contribution in [1.82, 2.24) is 24.4 Å². The zero-order valence-corrected chi connectivity index (χ0v) is 18.7. The summed E-state index contributed by atoms with van der Waals surface area (Å²) in [4.78, 5) is 21.7. The van der Waals surface area contributed by atoms with Crippen LogP contribution >= 0.6 is 0 Å². The van der Waals surface area contributed by atoms with Crippen LogP contribution in [0.1, 0.15) is 10.4 Å². The van der Waals surface area contributed by atoms with Crippen molar-refractivity contribution in [3.8, 4) is 17.0 Å². The first-order chi connectivity index (χ1) is 16.1. The first-order valence-electron chi connectivity index (χ1n) is 11.0. The van der Waals surface area contributed by atoms with Crippen LogP contribution in [0.25, 0.3) is 16.9 Å². The summed E-state index contributed by atoms with van der Waals surface area (Å²) in [7, 11) is 3.73. The number of nitrogens with zero attached hydrogens (tertiary/aromatic N) is 5. The van der Waals surface area contributed by atoms with Gasteiger partial charge in [-0.2, -0.15) is 4.98 Å². The highest BCUT2D eigenvalue weighted by Crippen LogP contribution is 2.24. The van der Waals surface area contributed by atoms with Gasteiger partial charge in [0, 0.05) is 43.0 Å². The quantitative estimate of drug-likeness (QED) is 0.510. The largest absolute Gasteiger partial charge is 0.497 e. The molecule has 1 saturated heterocycles. The Morgan fingerprint density at radius 2 is 1.73 bits per heavy atom. The monoisotopic (exact) mass is 442 g/mol.